The van der Waals surface area contributed by atoms with Gasteiger partial charge in [-0.3, -0.25) is 0 Å². The Hall–Kier alpha value is 2.02. The van der Waals surface area contributed by atoms with Crippen LogP contribution in [-0.4, -0.2) is 0 Å². The van der Waals surface area contributed by atoms with E-state index in [1.807, 2.05) is 0 Å². The smallest absolute Gasteiger partial charge is 0.0292 e. The lowest BCUT2D eigenvalue weighted by Crippen LogP contribution is -0.753. The number of rotatable bonds is 1. The van der Waals surface area contributed by atoms with Gasteiger partial charge in [0, 0.05) is 0 Å². The second-order valence-corrected chi connectivity index (χ2v) is 9.60. The Labute approximate surface area is 44.9 Å². The summed E-state index contributed by atoms with van der Waals surface area (Å²) < 4.78 is 0. The molecule has 0 N–H and O–H groups in total. The molecule has 4 heavy (non-hydrogen) atoms. The van der Waals surface area contributed by atoms with E-state index in [1.165, 1.54) is 0 Å². The molecule has 0 aromatic heterocycles. The largest absolute Gasteiger partial charge is 0.109 e. The highest BCUT2D eigenvalue weighted by molar-refractivity contribution is 14.2. The zero-order valence-corrected chi connectivity index (χ0v) is 7.27. The van der Waals surface area contributed by atoms with Crippen molar-refractivity contribution in [1.82, 2.24) is 0 Å². The highest BCUT2D eigenvalue weighted by Crippen LogP contribution is 2.48. The topological polar surface area (TPSA) is 0 Å². The van der Waals surface area contributed by atoms with Crippen molar-refractivity contribution in [3.8, 4) is 0 Å². The van der Waals surface area contributed by atoms with Crippen molar-refractivity contribution >= 4 is 44.8 Å². The molecule has 0 amide bonds. The van der Waals surface area contributed by atoms with Crippen LogP contribution < -0.4 is 0 Å². The molecule has 0 radical (unpaired) electrons. The van der Waals surface area contributed by atoms with Gasteiger partial charge in [-0.1, -0.05) is 30.0 Å². The maximum Gasteiger partial charge on any atom is -0.0292 e. The SMILES string of the molecule is PPPI. The lowest BCUT2D eigenvalue weighted by atomic mass is 29.6. The quantitative estimate of drug-likeness (QED) is 0.473. The second kappa shape index (κ2) is 5.02. The van der Waals surface area contributed by atoms with E-state index in [-0.39, 0.29) is 0 Å². The Morgan fingerprint density at radius 3 is 2.00 bits per heavy atom. The summed E-state index contributed by atoms with van der Waals surface area (Å²) in [7, 11) is 3.76. The van der Waals surface area contributed by atoms with Crippen LogP contribution in [0.4, 0.5) is 0 Å². The summed E-state index contributed by atoms with van der Waals surface area (Å²) in [6.07, 6.45) is 0. The van der Waals surface area contributed by atoms with Crippen molar-refractivity contribution in [2.45, 2.75) is 0 Å². The standard InChI is InChI=1S/H4IP3/c1-3-4-2/h3-4H,2H2. The van der Waals surface area contributed by atoms with Crippen LogP contribution in [-0.2, 0) is 0 Å². The molecule has 0 nitrogen and oxygen atoms in total. The molecule has 0 aromatic carbocycles. The van der Waals surface area contributed by atoms with Gasteiger partial charge in [0.1, 0.15) is 0 Å². The van der Waals surface area contributed by atoms with Crippen LogP contribution in [0.3, 0.4) is 0 Å². The Kier molecular flexibility index (Phi) is 7.56. The van der Waals surface area contributed by atoms with Crippen LogP contribution in [0.1, 0.15) is 0 Å². The molecular weight excluding hydrogens is 220 g/mol. The van der Waals surface area contributed by atoms with Gasteiger partial charge in [-0.15, -0.1) is 8.93 Å². The third-order valence-electron chi connectivity index (χ3n) is 0.0546. The van der Waals surface area contributed by atoms with E-state index in [1.54, 1.807) is 0 Å². The van der Waals surface area contributed by atoms with E-state index in [0.29, 0.717) is 0 Å². The molecule has 0 bridgehead atoms. The average Bonchev–Trinajstić information content (AvgIpc) is 1.37. The van der Waals surface area contributed by atoms with Crippen LogP contribution >= 0.6 is 44.8 Å². The molecule has 0 heterocycles. The Morgan fingerprint density at radius 1 is 1.75 bits per heavy atom. The first-order chi connectivity index (χ1) is 1.91. The van der Waals surface area contributed by atoms with Crippen molar-refractivity contribution in [1.29, 1.82) is 0 Å². The minimum atomic E-state index is 1.07. The third-order valence-corrected chi connectivity index (χ3v) is 9.88. The van der Waals surface area contributed by atoms with Crippen LogP contribution in [0, 0.1) is 0 Å². The van der Waals surface area contributed by atoms with Gasteiger partial charge < -0.3 is 0 Å². The molecule has 0 aliphatic carbocycles. The highest BCUT2D eigenvalue weighted by Gasteiger charge is 1.56. The van der Waals surface area contributed by atoms with Gasteiger partial charge in [-0.2, -0.15) is 0 Å². The molecular formula is H4IP3. The maximum absolute atomic E-state index is 2.69. The van der Waals surface area contributed by atoms with Crippen molar-refractivity contribution in [2.24, 2.45) is 0 Å². The van der Waals surface area contributed by atoms with Crippen LogP contribution in [0.15, 0.2) is 0 Å². The van der Waals surface area contributed by atoms with E-state index in [0.717, 1.165) is 13.9 Å². The minimum Gasteiger partial charge on any atom is -0.109 e. The first kappa shape index (κ1) is 6.02. The minimum absolute atomic E-state index is 1.07. The Morgan fingerprint density at radius 2 is 2.00 bits per heavy atom. The first-order valence-electron chi connectivity index (χ1n) is 0.728. The van der Waals surface area contributed by atoms with Crippen LogP contribution in [0.5, 0.6) is 0 Å². The molecule has 0 rings (SSSR count). The molecule has 0 aliphatic rings. The molecule has 0 saturated heterocycles. The fraction of sp³-hybridized carbons (Fsp3) is 0. The summed E-state index contributed by atoms with van der Waals surface area (Å²) in [6, 6.07) is 0. The average molecular weight is 224 g/mol. The van der Waals surface area contributed by atoms with Crippen molar-refractivity contribution in [2.75, 3.05) is 0 Å². The van der Waals surface area contributed by atoms with Crippen molar-refractivity contribution < 1.29 is 0 Å². The molecule has 4 heteroatoms. The predicted octanol–water partition coefficient (Wildman–Crippen LogP) is 2.40. The Balaban J connectivity index is 1.97. The van der Waals surface area contributed by atoms with E-state index in [9.17, 15) is 0 Å². The summed E-state index contributed by atoms with van der Waals surface area (Å²) in [5, 5.41) is 0. The second-order valence-electron chi connectivity index (χ2n) is 0.239. The molecule has 3 unspecified atom stereocenters. The summed E-state index contributed by atoms with van der Waals surface area (Å²) in [6.45, 7) is 0. The molecule has 0 aliphatic heterocycles. The van der Waals surface area contributed by atoms with Gasteiger partial charge in [0.05, 0.1) is 0 Å². The Bertz CT molecular complexity index is 5.25. The highest BCUT2D eigenvalue weighted by atomic mass is 127. The lowest BCUT2D eigenvalue weighted by molar-refractivity contribution is 5.48. The van der Waals surface area contributed by atoms with Crippen LogP contribution in [0.2, 0.25) is 0 Å². The normalized spacial score (nSPS) is 13.5. The van der Waals surface area contributed by atoms with E-state index >= 15 is 0 Å². The van der Waals surface area contributed by atoms with Gasteiger partial charge in [0.2, 0.25) is 0 Å². The molecule has 0 spiro atoms. The predicted molar refractivity (Wildman–Crippen MR) is 40.4 cm³/mol. The van der Waals surface area contributed by atoms with Gasteiger partial charge >= 0.3 is 0 Å². The molecule has 0 saturated carbocycles. The van der Waals surface area contributed by atoms with Crippen molar-refractivity contribution in [3.05, 3.63) is 0 Å². The van der Waals surface area contributed by atoms with E-state index in [4.69, 9.17) is 0 Å². The fourth-order valence-electron chi connectivity index (χ4n) is 0. The number of halogens is 1. The van der Waals surface area contributed by atoms with Gasteiger partial charge in [-0.25, -0.2) is 0 Å². The summed E-state index contributed by atoms with van der Waals surface area (Å²) >= 11 is 2.37. The lowest BCUT2D eigenvalue weighted by Gasteiger charge is -1.68. The zero-order chi connectivity index (χ0) is 3.41. The third kappa shape index (κ3) is 4.02. The van der Waals surface area contributed by atoms with E-state index < -0.39 is 0 Å². The van der Waals surface area contributed by atoms with Crippen molar-refractivity contribution in [3.63, 3.8) is 0 Å². The summed E-state index contributed by atoms with van der Waals surface area (Å²) in [5.74, 6) is 1.10. The maximum atomic E-state index is 2.69. The first-order valence-corrected chi connectivity index (χ1v) is 8.65. The molecule has 3 atom stereocenters. The van der Waals surface area contributed by atoms with Gasteiger partial charge in [-0.05, 0) is 5.91 Å². The molecule has 26 valence electrons. The zero-order valence-electron chi connectivity index (χ0n) is 1.96. The van der Waals surface area contributed by atoms with Gasteiger partial charge in [0.15, 0.2) is 0 Å². The molecule has 0 aromatic rings. The van der Waals surface area contributed by atoms with E-state index in [2.05, 4.69) is 31.0 Å². The number of hydrogen-bond acceptors (Lipinski definition) is 0. The molecule has 0 fully saturated rings. The fourth-order valence-corrected chi connectivity index (χ4v) is 0. The van der Waals surface area contributed by atoms with Crippen LogP contribution in [0.25, 0.3) is 0 Å². The summed E-state index contributed by atoms with van der Waals surface area (Å²) in [4.78, 5) is 0. The van der Waals surface area contributed by atoms with Gasteiger partial charge in [0.25, 0.3) is 0 Å². The summed E-state index contributed by atoms with van der Waals surface area (Å²) in [5.41, 5.74) is 0. The number of hydrogen-bond donors (Lipinski definition) is 0. The monoisotopic (exact) mass is 224 g/mol.